The molecule has 1 saturated carbocycles. The SMILES string of the molecule is C=CCCC1CCC(CCc2ccc(C#Cc3ccc4c(F)c(F)ccc4c3)c(F)c2)CC1. The van der Waals surface area contributed by atoms with Crippen molar-refractivity contribution in [3.05, 3.63) is 95.3 Å². The van der Waals surface area contributed by atoms with Crippen LogP contribution in [0, 0.1) is 41.1 Å². The summed E-state index contributed by atoms with van der Waals surface area (Å²) in [5, 5.41) is 0.771. The smallest absolute Gasteiger partial charge is 0.166 e. The van der Waals surface area contributed by atoms with Crippen molar-refractivity contribution in [2.75, 3.05) is 0 Å². The van der Waals surface area contributed by atoms with Crippen LogP contribution in [-0.4, -0.2) is 0 Å². The normalized spacial score (nSPS) is 18.0. The van der Waals surface area contributed by atoms with Gasteiger partial charge in [-0.2, -0.15) is 0 Å². The van der Waals surface area contributed by atoms with Crippen molar-refractivity contribution in [3.63, 3.8) is 0 Å². The van der Waals surface area contributed by atoms with Crippen LogP contribution in [-0.2, 0) is 6.42 Å². The molecular weight excluding hydrogens is 417 g/mol. The van der Waals surface area contributed by atoms with E-state index < -0.39 is 11.6 Å². The van der Waals surface area contributed by atoms with Gasteiger partial charge in [-0.3, -0.25) is 0 Å². The molecule has 1 aliphatic rings. The van der Waals surface area contributed by atoms with Crippen molar-refractivity contribution in [2.45, 2.75) is 51.4 Å². The second kappa shape index (κ2) is 10.8. The largest absolute Gasteiger partial charge is 0.206 e. The summed E-state index contributed by atoms with van der Waals surface area (Å²) in [6, 6.07) is 12.7. The molecule has 0 heterocycles. The molecule has 0 aromatic heterocycles. The Balaban J connectivity index is 1.36. The fourth-order valence-corrected chi connectivity index (χ4v) is 4.83. The van der Waals surface area contributed by atoms with Crippen LogP contribution in [0.2, 0.25) is 0 Å². The lowest BCUT2D eigenvalue weighted by Gasteiger charge is -2.28. The predicted octanol–water partition coefficient (Wildman–Crippen LogP) is 8.36. The molecule has 0 amide bonds. The average Bonchev–Trinajstić information content (AvgIpc) is 2.84. The van der Waals surface area contributed by atoms with Gasteiger partial charge in [-0.1, -0.05) is 61.8 Å². The van der Waals surface area contributed by atoms with Crippen LogP contribution in [0.25, 0.3) is 10.8 Å². The number of allylic oxidation sites excluding steroid dienone is 1. The zero-order valence-corrected chi connectivity index (χ0v) is 18.8. The zero-order chi connectivity index (χ0) is 23.2. The monoisotopic (exact) mass is 446 g/mol. The van der Waals surface area contributed by atoms with Crippen molar-refractivity contribution in [3.8, 4) is 11.8 Å². The third-order valence-electron chi connectivity index (χ3n) is 6.87. The summed E-state index contributed by atoms with van der Waals surface area (Å²) in [6.45, 7) is 3.82. The van der Waals surface area contributed by atoms with Gasteiger partial charge in [0.25, 0.3) is 0 Å². The van der Waals surface area contributed by atoms with E-state index in [1.165, 1.54) is 44.2 Å². The fraction of sp³-hybridized carbons (Fsp3) is 0.333. The first kappa shape index (κ1) is 23.2. The molecule has 0 N–H and O–H groups in total. The maximum absolute atomic E-state index is 14.6. The first-order valence-electron chi connectivity index (χ1n) is 11.8. The highest BCUT2D eigenvalue weighted by Gasteiger charge is 2.20. The number of hydrogen-bond acceptors (Lipinski definition) is 0. The molecule has 3 heteroatoms. The molecule has 0 aliphatic heterocycles. The Morgan fingerprint density at radius 1 is 0.818 bits per heavy atom. The average molecular weight is 447 g/mol. The number of benzene rings is 3. The van der Waals surface area contributed by atoms with Crippen LogP contribution in [0.5, 0.6) is 0 Å². The van der Waals surface area contributed by atoms with Gasteiger partial charge in [-0.05, 0) is 78.8 Å². The van der Waals surface area contributed by atoms with Gasteiger partial charge in [0, 0.05) is 10.9 Å². The Morgan fingerprint density at radius 2 is 1.58 bits per heavy atom. The minimum absolute atomic E-state index is 0.210. The van der Waals surface area contributed by atoms with Gasteiger partial charge in [0.2, 0.25) is 0 Å². The van der Waals surface area contributed by atoms with Crippen LogP contribution in [0.4, 0.5) is 13.2 Å². The van der Waals surface area contributed by atoms with Crippen molar-refractivity contribution < 1.29 is 13.2 Å². The minimum atomic E-state index is -0.875. The third kappa shape index (κ3) is 5.88. The van der Waals surface area contributed by atoms with Gasteiger partial charge in [0.05, 0.1) is 5.56 Å². The van der Waals surface area contributed by atoms with Crippen molar-refractivity contribution in [1.82, 2.24) is 0 Å². The van der Waals surface area contributed by atoms with Gasteiger partial charge < -0.3 is 0 Å². The number of halogens is 3. The molecule has 3 aromatic rings. The Labute approximate surface area is 194 Å². The van der Waals surface area contributed by atoms with E-state index in [9.17, 15) is 13.2 Å². The van der Waals surface area contributed by atoms with Gasteiger partial charge in [0.15, 0.2) is 11.6 Å². The lowest BCUT2D eigenvalue weighted by molar-refractivity contribution is 0.254. The molecule has 0 unspecified atom stereocenters. The van der Waals surface area contributed by atoms with Crippen molar-refractivity contribution in [1.29, 1.82) is 0 Å². The van der Waals surface area contributed by atoms with Gasteiger partial charge in [0.1, 0.15) is 5.82 Å². The Hall–Kier alpha value is -2.99. The zero-order valence-electron chi connectivity index (χ0n) is 18.8. The molecule has 0 bridgehead atoms. The van der Waals surface area contributed by atoms with E-state index in [0.717, 1.165) is 42.7 Å². The summed E-state index contributed by atoms with van der Waals surface area (Å²) in [5.41, 5.74) is 1.97. The summed E-state index contributed by atoms with van der Waals surface area (Å²) >= 11 is 0. The quantitative estimate of drug-likeness (QED) is 0.264. The molecule has 0 saturated heterocycles. The number of fused-ring (bicyclic) bond motifs is 1. The molecule has 3 aromatic carbocycles. The van der Waals surface area contributed by atoms with E-state index in [2.05, 4.69) is 18.4 Å². The van der Waals surface area contributed by atoms with Gasteiger partial charge in [-0.15, -0.1) is 6.58 Å². The van der Waals surface area contributed by atoms with E-state index in [-0.39, 0.29) is 11.2 Å². The molecular formula is C30H29F3. The summed E-state index contributed by atoms with van der Waals surface area (Å²) in [4.78, 5) is 0. The molecule has 1 aliphatic carbocycles. The van der Waals surface area contributed by atoms with E-state index in [4.69, 9.17) is 0 Å². The van der Waals surface area contributed by atoms with Crippen LogP contribution in [0.15, 0.2) is 61.2 Å². The number of hydrogen-bond donors (Lipinski definition) is 0. The molecule has 0 spiro atoms. The molecule has 4 rings (SSSR count). The van der Waals surface area contributed by atoms with Crippen molar-refractivity contribution in [2.24, 2.45) is 11.8 Å². The van der Waals surface area contributed by atoms with Crippen LogP contribution < -0.4 is 0 Å². The topological polar surface area (TPSA) is 0 Å². The molecule has 33 heavy (non-hydrogen) atoms. The third-order valence-corrected chi connectivity index (χ3v) is 6.87. The Kier molecular flexibility index (Phi) is 7.55. The molecule has 170 valence electrons. The molecule has 0 nitrogen and oxygen atoms in total. The summed E-state index contributed by atoms with van der Waals surface area (Å²) in [5.74, 6) is 5.33. The summed E-state index contributed by atoms with van der Waals surface area (Å²) < 4.78 is 41.9. The lowest BCUT2D eigenvalue weighted by atomic mass is 9.78. The van der Waals surface area contributed by atoms with E-state index >= 15 is 0 Å². The minimum Gasteiger partial charge on any atom is -0.206 e. The van der Waals surface area contributed by atoms with Crippen LogP contribution in [0.1, 0.15) is 61.6 Å². The van der Waals surface area contributed by atoms with E-state index in [1.807, 2.05) is 12.1 Å². The first-order valence-corrected chi connectivity index (χ1v) is 11.8. The molecule has 0 atom stereocenters. The van der Waals surface area contributed by atoms with Crippen molar-refractivity contribution >= 4 is 10.8 Å². The second-order valence-corrected chi connectivity index (χ2v) is 9.15. The van der Waals surface area contributed by atoms with E-state index in [0.29, 0.717) is 16.5 Å². The maximum atomic E-state index is 14.6. The summed E-state index contributed by atoms with van der Waals surface area (Å²) in [7, 11) is 0. The van der Waals surface area contributed by atoms with E-state index in [1.54, 1.807) is 24.3 Å². The lowest BCUT2D eigenvalue weighted by Crippen LogP contribution is -2.15. The standard InChI is InChI=1S/C30H29F3/c1-2-3-4-21-5-7-22(8-6-21)9-10-24-12-15-25(29(32)20-24)14-11-23-13-17-27-26(19-23)16-18-28(31)30(27)33/h2,12-13,15-22H,1,3-10H2. The highest BCUT2D eigenvalue weighted by molar-refractivity contribution is 5.84. The van der Waals surface area contributed by atoms with Gasteiger partial charge >= 0.3 is 0 Å². The number of aryl methyl sites for hydroxylation is 1. The number of rotatable bonds is 6. The Bertz CT molecular complexity index is 1190. The van der Waals surface area contributed by atoms with Gasteiger partial charge in [-0.25, -0.2) is 13.2 Å². The maximum Gasteiger partial charge on any atom is 0.166 e. The second-order valence-electron chi connectivity index (χ2n) is 9.15. The molecule has 0 radical (unpaired) electrons. The first-order chi connectivity index (χ1) is 16.0. The summed E-state index contributed by atoms with van der Waals surface area (Å²) in [6.07, 6.45) is 11.5. The highest BCUT2D eigenvalue weighted by Crippen LogP contribution is 2.34. The van der Waals surface area contributed by atoms with Crippen LogP contribution in [0.3, 0.4) is 0 Å². The highest BCUT2D eigenvalue weighted by atomic mass is 19.2. The molecule has 1 fully saturated rings. The van der Waals surface area contributed by atoms with Crippen LogP contribution >= 0.6 is 0 Å². The predicted molar refractivity (Wildman–Crippen MR) is 129 cm³/mol. The fourth-order valence-electron chi connectivity index (χ4n) is 4.83. The Morgan fingerprint density at radius 3 is 2.30 bits per heavy atom.